The monoisotopic (exact) mass is 174 g/mol. The molecule has 0 aromatic rings. The van der Waals surface area contributed by atoms with Gasteiger partial charge in [-0.25, -0.2) is 0 Å². The lowest BCUT2D eigenvalue weighted by molar-refractivity contribution is 0.285. The largest absolute Gasteiger partial charge is 0.0998 e. The molecule has 0 N–H and O–H groups in total. The van der Waals surface area contributed by atoms with E-state index in [-0.39, 0.29) is 0 Å². The zero-order chi connectivity index (χ0) is 6.20. The third-order valence-corrected chi connectivity index (χ3v) is 3.03. The van der Waals surface area contributed by atoms with Gasteiger partial charge in [0.15, 0.2) is 0 Å². The quantitative estimate of drug-likeness (QED) is 0.424. The average Bonchev–Trinajstić information content (AvgIpc) is 1.63. The van der Waals surface area contributed by atoms with E-state index in [0.29, 0.717) is 5.41 Å². The molecule has 0 spiro atoms. The molecule has 1 fully saturated rings. The summed E-state index contributed by atoms with van der Waals surface area (Å²) in [7, 11) is 0. The van der Waals surface area contributed by atoms with Gasteiger partial charge in [-0.2, -0.15) is 0 Å². The van der Waals surface area contributed by atoms with Crippen LogP contribution in [0, 0.1) is 5.41 Å². The van der Waals surface area contributed by atoms with Gasteiger partial charge >= 0.3 is 0 Å². The second kappa shape index (κ2) is 1.87. The lowest BCUT2D eigenvalue weighted by Gasteiger charge is -2.38. The van der Waals surface area contributed by atoms with E-state index < -0.39 is 0 Å². The Kier molecular flexibility index (Phi) is 1.48. The van der Waals surface area contributed by atoms with E-state index in [9.17, 15) is 0 Å². The molecule has 0 heterocycles. The second-order valence-corrected chi connectivity index (χ2v) is 3.61. The summed E-state index contributed by atoms with van der Waals surface area (Å²) in [6.07, 6.45) is 2.44. The molecular weight excluding hydrogens is 164 g/mol. The van der Waals surface area contributed by atoms with Crippen LogP contribution in [0.4, 0.5) is 0 Å². The second-order valence-electron chi connectivity index (χ2n) is 3.05. The van der Waals surface area contributed by atoms with E-state index in [1.807, 2.05) is 0 Å². The van der Waals surface area contributed by atoms with Crippen molar-refractivity contribution in [2.75, 3.05) is 5.33 Å². The predicted molar refractivity (Wildman–Crippen MR) is 40.3 cm³/mol. The Labute approximate surface area is 59.1 Å². The first-order valence-electron chi connectivity index (χ1n) is 2.89. The molecule has 0 saturated heterocycles. The molecular formula is C7H11Br. The van der Waals surface area contributed by atoms with Crippen molar-refractivity contribution < 1.29 is 0 Å². The van der Waals surface area contributed by atoms with Crippen molar-refractivity contribution in [1.29, 1.82) is 0 Å². The minimum atomic E-state index is 0.553. The minimum absolute atomic E-state index is 0.553. The SMILES string of the molecule is C=C1CC(C)(CBr)C1. The Morgan fingerprint density at radius 1 is 1.75 bits per heavy atom. The Morgan fingerprint density at radius 3 is 2.38 bits per heavy atom. The molecule has 1 heteroatoms. The number of hydrogen-bond donors (Lipinski definition) is 0. The zero-order valence-corrected chi connectivity index (χ0v) is 6.79. The van der Waals surface area contributed by atoms with Gasteiger partial charge in [-0.15, -0.1) is 0 Å². The lowest BCUT2D eigenvalue weighted by atomic mass is 9.69. The first kappa shape index (κ1) is 6.34. The molecule has 1 rings (SSSR count). The number of allylic oxidation sites excluding steroid dienone is 1. The van der Waals surface area contributed by atoms with E-state index in [4.69, 9.17) is 0 Å². The molecule has 0 nitrogen and oxygen atoms in total. The van der Waals surface area contributed by atoms with Crippen molar-refractivity contribution >= 4 is 15.9 Å². The maximum atomic E-state index is 3.88. The Hall–Kier alpha value is 0.220. The topological polar surface area (TPSA) is 0 Å². The minimum Gasteiger partial charge on any atom is -0.0998 e. The van der Waals surface area contributed by atoms with Crippen LogP contribution in [-0.2, 0) is 0 Å². The van der Waals surface area contributed by atoms with E-state index in [2.05, 4.69) is 29.4 Å². The van der Waals surface area contributed by atoms with Gasteiger partial charge in [-0.1, -0.05) is 35.0 Å². The van der Waals surface area contributed by atoms with Crippen molar-refractivity contribution in [2.24, 2.45) is 5.41 Å². The zero-order valence-electron chi connectivity index (χ0n) is 5.21. The van der Waals surface area contributed by atoms with E-state index in [0.717, 1.165) is 5.33 Å². The standard InChI is InChI=1S/C7H11Br/c1-6-3-7(2,4-6)5-8/h1,3-5H2,2H3. The normalized spacial score (nSPS) is 25.0. The van der Waals surface area contributed by atoms with Crippen LogP contribution < -0.4 is 0 Å². The van der Waals surface area contributed by atoms with Gasteiger partial charge < -0.3 is 0 Å². The average molecular weight is 175 g/mol. The van der Waals surface area contributed by atoms with Gasteiger partial charge in [0.25, 0.3) is 0 Å². The molecule has 0 bridgehead atoms. The summed E-state index contributed by atoms with van der Waals surface area (Å²) in [5.74, 6) is 0. The highest BCUT2D eigenvalue weighted by Crippen LogP contribution is 2.44. The van der Waals surface area contributed by atoms with Gasteiger partial charge in [0.05, 0.1) is 0 Å². The Morgan fingerprint density at radius 2 is 2.25 bits per heavy atom. The first-order chi connectivity index (χ1) is 3.66. The third kappa shape index (κ3) is 0.970. The van der Waals surface area contributed by atoms with Gasteiger partial charge in [0, 0.05) is 5.33 Å². The van der Waals surface area contributed by atoms with Crippen LogP contribution >= 0.6 is 15.9 Å². The van der Waals surface area contributed by atoms with Crippen LogP contribution in [0.3, 0.4) is 0 Å². The van der Waals surface area contributed by atoms with Gasteiger partial charge in [0.1, 0.15) is 0 Å². The fourth-order valence-corrected chi connectivity index (χ4v) is 1.65. The number of halogens is 1. The number of alkyl halides is 1. The fraction of sp³-hybridized carbons (Fsp3) is 0.714. The van der Waals surface area contributed by atoms with Crippen molar-refractivity contribution in [2.45, 2.75) is 19.8 Å². The summed E-state index contributed by atoms with van der Waals surface area (Å²) in [4.78, 5) is 0. The summed E-state index contributed by atoms with van der Waals surface area (Å²) in [6, 6.07) is 0. The van der Waals surface area contributed by atoms with Crippen molar-refractivity contribution in [3.8, 4) is 0 Å². The predicted octanol–water partition coefficient (Wildman–Crippen LogP) is 2.74. The molecule has 1 aliphatic rings. The number of rotatable bonds is 1. The molecule has 8 heavy (non-hydrogen) atoms. The van der Waals surface area contributed by atoms with Crippen LogP contribution in [0.1, 0.15) is 19.8 Å². The lowest BCUT2D eigenvalue weighted by Crippen LogP contribution is -2.28. The van der Waals surface area contributed by atoms with Crippen LogP contribution in [0.5, 0.6) is 0 Å². The van der Waals surface area contributed by atoms with Gasteiger partial charge in [0.2, 0.25) is 0 Å². The summed E-state index contributed by atoms with van der Waals surface area (Å²) >= 11 is 3.47. The van der Waals surface area contributed by atoms with Crippen molar-refractivity contribution in [1.82, 2.24) is 0 Å². The Bertz CT molecular complexity index is 108. The molecule has 1 saturated carbocycles. The van der Waals surface area contributed by atoms with E-state index in [1.165, 1.54) is 18.4 Å². The summed E-state index contributed by atoms with van der Waals surface area (Å²) in [6.45, 7) is 6.17. The summed E-state index contributed by atoms with van der Waals surface area (Å²) in [5, 5.41) is 1.12. The highest BCUT2D eigenvalue weighted by molar-refractivity contribution is 9.09. The molecule has 0 atom stereocenters. The number of hydrogen-bond acceptors (Lipinski definition) is 0. The molecule has 0 aromatic heterocycles. The Balaban J connectivity index is 2.40. The van der Waals surface area contributed by atoms with Crippen LogP contribution in [-0.4, -0.2) is 5.33 Å². The van der Waals surface area contributed by atoms with Crippen molar-refractivity contribution in [3.63, 3.8) is 0 Å². The summed E-state index contributed by atoms with van der Waals surface area (Å²) < 4.78 is 0. The molecule has 1 aliphatic carbocycles. The molecule has 0 amide bonds. The van der Waals surface area contributed by atoms with Crippen LogP contribution in [0.15, 0.2) is 12.2 Å². The van der Waals surface area contributed by atoms with Gasteiger partial charge in [-0.3, -0.25) is 0 Å². The molecule has 46 valence electrons. The highest BCUT2D eigenvalue weighted by atomic mass is 79.9. The molecule has 0 radical (unpaired) electrons. The van der Waals surface area contributed by atoms with E-state index >= 15 is 0 Å². The summed E-state index contributed by atoms with van der Waals surface area (Å²) in [5.41, 5.74) is 1.96. The third-order valence-electron chi connectivity index (χ3n) is 1.68. The van der Waals surface area contributed by atoms with Crippen molar-refractivity contribution in [3.05, 3.63) is 12.2 Å². The maximum Gasteiger partial charge on any atom is 0.00914 e. The van der Waals surface area contributed by atoms with Crippen LogP contribution in [0.25, 0.3) is 0 Å². The first-order valence-corrected chi connectivity index (χ1v) is 4.01. The smallest absolute Gasteiger partial charge is 0.00914 e. The highest BCUT2D eigenvalue weighted by Gasteiger charge is 2.33. The maximum absolute atomic E-state index is 3.88. The molecule has 0 aliphatic heterocycles. The molecule has 0 unspecified atom stereocenters. The molecule has 0 aromatic carbocycles. The van der Waals surface area contributed by atoms with Crippen LogP contribution in [0.2, 0.25) is 0 Å². The van der Waals surface area contributed by atoms with E-state index in [1.54, 1.807) is 0 Å². The van der Waals surface area contributed by atoms with Gasteiger partial charge in [-0.05, 0) is 18.3 Å². The fourth-order valence-electron chi connectivity index (χ4n) is 1.25.